The fourth-order valence-electron chi connectivity index (χ4n) is 3.45. The summed E-state index contributed by atoms with van der Waals surface area (Å²) in [7, 11) is 0. The molecule has 0 saturated carbocycles. The van der Waals surface area contributed by atoms with Gasteiger partial charge in [0.05, 0.1) is 10.0 Å². The van der Waals surface area contributed by atoms with Gasteiger partial charge in [-0.3, -0.25) is 9.59 Å². The Hall–Kier alpha value is -1.70. The highest BCUT2D eigenvalue weighted by atomic mass is 35.5. The van der Waals surface area contributed by atoms with E-state index in [1.807, 2.05) is 25.3 Å². The van der Waals surface area contributed by atoms with Crippen LogP contribution in [0.4, 0.5) is 0 Å². The fourth-order valence-corrected chi connectivity index (χ4v) is 4.62. The molecule has 0 unspecified atom stereocenters. The number of amides is 2. The molecule has 0 aliphatic carbocycles. The predicted molar refractivity (Wildman–Crippen MR) is 135 cm³/mol. The molecule has 0 aromatic heterocycles. The number of thioether (sulfide) groups is 1. The summed E-state index contributed by atoms with van der Waals surface area (Å²) in [5.74, 6) is -0.997. The number of hydrogen-bond donors (Lipinski definition) is 1. The maximum atomic E-state index is 12.7. The molecule has 0 spiro atoms. The van der Waals surface area contributed by atoms with Crippen LogP contribution in [-0.4, -0.2) is 53.7 Å². The van der Waals surface area contributed by atoms with Crippen molar-refractivity contribution in [2.75, 3.05) is 19.3 Å². The number of nitrogens with zero attached hydrogens (tertiary/aromatic N) is 1. The zero-order chi connectivity index (χ0) is 24.8. The number of nitrogens with one attached hydrogen (secondary N) is 1. The van der Waals surface area contributed by atoms with Gasteiger partial charge in [-0.05, 0) is 64.0 Å². The van der Waals surface area contributed by atoms with Crippen molar-refractivity contribution >= 4 is 58.8 Å². The lowest BCUT2D eigenvalue weighted by atomic mass is 9.95. The van der Waals surface area contributed by atoms with Crippen LogP contribution in [-0.2, 0) is 19.1 Å². The van der Waals surface area contributed by atoms with Crippen molar-refractivity contribution < 1.29 is 19.1 Å². The standard InChI is InChI=1S/C24H32Cl2N2O4S/c1-6-17(23(31)32-24(2,3)4)27-22(30)16-11-13-28(14-12-16)19(29)10-8-15-7-9-18(33-5)21(26)20(15)25/h7-10,16-17H,6,11-14H2,1-5H3,(H,27,30)/b10-8+/t17-/m0/s1. The van der Waals surface area contributed by atoms with Crippen LogP contribution in [0, 0.1) is 5.92 Å². The Morgan fingerprint density at radius 2 is 1.85 bits per heavy atom. The molecule has 1 saturated heterocycles. The SMILES string of the molecule is CC[C@H](NC(=O)C1CCN(C(=O)/C=C/c2ccc(SC)c(Cl)c2Cl)CC1)C(=O)OC(C)(C)C. The molecular formula is C24H32Cl2N2O4S. The Kier molecular flexibility index (Phi) is 10.1. The van der Waals surface area contributed by atoms with Crippen molar-refractivity contribution in [1.82, 2.24) is 10.2 Å². The summed E-state index contributed by atoms with van der Waals surface area (Å²) < 4.78 is 5.39. The highest BCUT2D eigenvalue weighted by molar-refractivity contribution is 7.98. The largest absolute Gasteiger partial charge is 0.458 e. The molecule has 33 heavy (non-hydrogen) atoms. The molecule has 1 heterocycles. The summed E-state index contributed by atoms with van der Waals surface area (Å²) in [6, 6.07) is 3.02. The van der Waals surface area contributed by atoms with Crippen LogP contribution >= 0.6 is 35.0 Å². The Labute approximate surface area is 210 Å². The third-order valence-electron chi connectivity index (χ3n) is 5.30. The van der Waals surface area contributed by atoms with E-state index >= 15 is 0 Å². The quantitative estimate of drug-likeness (QED) is 0.307. The van der Waals surface area contributed by atoms with Gasteiger partial charge in [-0.1, -0.05) is 36.2 Å². The van der Waals surface area contributed by atoms with E-state index in [4.69, 9.17) is 27.9 Å². The highest BCUT2D eigenvalue weighted by Crippen LogP contribution is 2.35. The first kappa shape index (κ1) is 27.5. The Balaban J connectivity index is 1.90. The van der Waals surface area contributed by atoms with E-state index in [0.717, 1.165) is 4.90 Å². The number of rotatable bonds is 7. The lowest BCUT2D eigenvalue weighted by Crippen LogP contribution is -2.48. The van der Waals surface area contributed by atoms with Crippen molar-refractivity contribution in [3.05, 3.63) is 33.8 Å². The van der Waals surface area contributed by atoms with E-state index in [-0.39, 0.29) is 17.7 Å². The van der Waals surface area contributed by atoms with Gasteiger partial charge in [0, 0.05) is 30.0 Å². The molecular weight excluding hydrogens is 483 g/mol. The number of carbonyl (C=O) groups excluding carboxylic acids is 3. The average Bonchev–Trinajstić information content (AvgIpc) is 2.77. The summed E-state index contributed by atoms with van der Waals surface area (Å²) in [5.41, 5.74) is 0.0657. The van der Waals surface area contributed by atoms with Crippen LogP contribution in [0.15, 0.2) is 23.1 Å². The zero-order valence-electron chi connectivity index (χ0n) is 19.7. The van der Waals surface area contributed by atoms with Crippen molar-refractivity contribution in [1.29, 1.82) is 0 Å². The summed E-state index contributed by atoms with van der Waals surface area (Å²) >= 11 is 14.1. The summed E-state index contributed by atoms with van der Waals surface area (Å²) in [6.07, 6.45) is 6.57. The van der Waals surface area contributed by atoms with Crippen molar-refractivity contribution in [3.8, 4) is 0 Å². The van der Waals surface area contributed by atoms with Gasteiger partial charge in [-0.2, -0.15) is 0 Å². The van der Waals surface area contributed by atoms with E-state index in [0.29, 0.717) is 48.0 Å². The second-order valence-electron chi connectivity index (χ2n) is 8.92. The fraction of sp³-hybridized carbons (Fsp3) is 0.542. The molecule has 0 bridgehead atoms. The second kappa shape index (κ2) is 12.1. The molecule has 2 amide bonds. The maximum Gasteiger partial charge on any atom is 0.329 e. The Morgan fingerprint density at radius 1 is 1.21 bits per heavy atom. The second-order valence-corrected chi connectivity index (χ2v) is 10.5. The minimum absolute atomic E-state index is 0.143. The molecule has 2 rings (SSSR count). The highest BCUT2D eigenvalue weighted by Gasteiger charge is 2.31. The van der Waals surface area contributed by atoms with E-state index in [1.165, 1.54) is 17.8 Å². The van der Waals surface area contributed by atoms with Crippen LogP contribution in [0.1, 0.15) is 52.5 Å². The number of hydrogen-bond acceptors (Lipinski definition) is 5. The van der Waals surface area contributed by atoms with Gasteiger partial charge in [0.2, 0.25) is 11.8 Å². The minimum Gasteiger partial charge on any atom is -0.458 e. The molecule has 1 atom stereocenters. The van der Waals surface area contributed by atoms with E-state index in [9.17, 15) is 14.4 Å². The molecule has 9 heteroatoms. The molecule has 1 aliphatic rings. The number of ether oxygens (including phenoxy) is 1. The predicted octanol–water partition coefficient (Wildman–Crippen LogP) is 5.20. The van der Waals surface area contributed by atoms with Gasteiger partial charge in [0.15, 0.2) is 0 Å². The van der Waals surface area contributed by atoms with Gasteiger partial charge in [0.25, 0.3) is 0 Å². The number of benzene rings is 1. The van der Waals surface area contributed by atoms with Crippen LogP contribution in [0.3, 0.4) is 0 Å². The lowest BCUT2D eigenvalue weighted by molar-refractivity contribution is -0.159. The molecule has 1 aliphatic heterocycles. The first-order chi connectivity index (χ1) is 15.5. The topological polar surface area (TPSA) is 75.7 Å². The number of esters is 1. The van der Waals surface area contributed by atoms with Crippen molar-refractivity contribution in [3.63, 3.8) is 0 Å². The molecule has 6 nitrogen and oxygen atoms in total. The van der Waals surface area contributed by atoms with Crippen LogP contribution < -0.4 is 5.32 Å². The Bertz CT molecular complexity index is 906. The number of halogens is 2. The van der Waals surface area contributed by atoms with Gasteiger partial charge in [0.1, 0.15) is 11.6 Å². The van der Waals surface area contributed by atoms with Gasteiger partial charge < -0.3 is 15.0 Å². The maximum absolute atomic E-state index is 12.7. The van der Waals surface area contributed by atoms with E-state index in [2.05, 4.69) is 5.32 Å². The number of piperidine rings is 1. The monoisotopic (exact) mass is 514 g/mol. The first-order valence-electron chi connectivity index (χ1n) is 11.0. The number of carbonyl (C=O) groups is 3. The normalized spacial score (nSPS) is 16.0. The Morgan fingerprint density at radius 3 is 2.39 bits per heavy atom. The lowest BCUT2D eigenvalue weighted by Gasteiger charge is -2.31. The van der Waals surface area contributed by atoms with E-state index in [1.54, 1.807) is 31.7 Å². The third-order valence-corrected chi connectivity index (χ3v) is 7.08. The first-order valence-corrected chi connectivity index (χ1v) is 13.0. The van der Waals surface area contributed by atoms with Crippen LogP contribution in [0.5, 0.6) is 0 Å². The van der Waals surface area contributed by atoms with E-state index < -0.39 is 17.6 Å². The minimum atomic E-state index is -0.673. The zero-order valence-corrected chi connectivity index (χ0v) is 22.1. The molecule has 1 fully saturated rings. The summed E-state index contributed by atoms with van der Waals surface area (Å²) in [5, 5.41) is 3.70. The van der Waals surface area contributed by atoms with Crippen molar-refractivity contribution in [2.24, 2.45) is 5.92 Å². The molecule has 182 valence electrons. The third kappa shape index (κ3) is 7.94. The molecule has 1 aromatic rings. The van der Waals surface area contributed by atoms with Crippen LogP contribution in [0.25, 0.3) is 6.08 Å². The average molecular weight is 516 g/mol. The molecule has 1 N–H and O–H groups in total. The van der Waals surface area contributed by atoms with Gasteiger partial charge >= 0.3 is 5.97 Å². The van der Waals surface area contributed by atoms with Gasteiger partial charge in [-0.25, -0.2) is 4.79 Å². The summed E-state index contributed by atoms with van der Waals surface area (Å²) in [4.78, 5) is 40.2. The number of likely N-dealkylation sites (tertiary alicyclic amines) is 1. The molecule has 0 radical (unpaired) electrons. The summed E-state index contributed by atoms with van der Waals surface area (Å²) in [6.45, 7) is 8.14. The smallest absolute Gasteiger partial charge is 0.329 e. The van der Waals surface area contributed by atoms with Crippen LogP contribution in [0.2, 0.25) is 10.0 Å². The molecule has 1 aromatic carbocycles. The van der Waals surface area contributed by atoms with Gasteiger partial charge in [-0.15, -0.1) is 11.8 Å². The van der Waals surface area contributed by atoms with Crippen molar-refractivity contribution in [2.45, 2.75) is 63.5 Å².